The van der Waals surface area contributed by atoms with Crippen LogP contribution in [0, 0.1) is 5.92 Å². The Balaban J connectivity index is 0.000000510. The van der Waals surface area contributed by atoms with Crippen molar-refractivity contribution in [3.8, 4) is 0 Å². The minimum Gasteiger partial charge on any atom is -0.478 e. The maximum atomic E-state index is 10.5. The van der Waals surface area contributed by atoms with E-state index < -0.39 is 23.9 Å². The quantitative estimate of drug-likeness (QED) is 0.228. The smallest absolute Gasteiger partial charge is 0.336 e. The molecular weight excluding hydrogens is 464 g/mol. The van der Waals surface area contributed by atoms with Gasteiger partial charge in [0, 0.05) is 0 Å². The van der Waals surface area contributed by atoms with Crippen molar-refractivity contribution in [1.82, 2.24) is 0 Å². The summed E-state index contributed by atoms with van der Waals surface area (Å²) < 4.78 is 0. The van der Waals surface area contributed by atoms with Crippen molar-refractivity contribution >= 4 is 23.9 Å². The monoisotopic (exact) mass is 502 g/mol. The SMILES string of the molecule is CCCCCCCCCC(C)C.O=C(O)c1ccccc1C(=O)O.O=C(O)c1ccccc1C(=O)O. The fourth-order valence-electron chi connectivity index (χ4n) is 3.22. The largest absolute Gasteiger partial charge is 0.478 e. The van der Waals surface area contributed by atoms with Gasteiger partial charge in [0.2, 0.25) is 0 Å². The van der Waals surface area contributed by atoms with E-state index in [4.69, 9.17) is 20.4 Å². The number of hydrogen-bond donors (Lipinski definition) is 4. The number of carboxylic acid groups (broad SMARTS) is 4. The normalized spacial score (nSPS) is 9.89. The summed E-state index contributed by atoms with van der Waals surface area (Å²) in [5.41, 5.74) is -0.759. The minimum absolute atomic E-state index is 0.190. The van der Waals surface area contributed by atoms with Crippen molar-refractivity contribution in [1.29, 1.82) is 0 Å². The molecule has 198 valence electrons. The molecule has 0 bridgehead atoms. The molecular formula is C28H38O8. The van der Waals surface area contributed by atoms with Crippen LogP contribution in [-0.4, -0.2) is 44.3 Å². The zero-order valence-corrected chi connectivity index (χ0v) is 21.3. The lowest BCUT2D eigenvalue weighted by Crippen LogP contribution is -2.06. The summed E-state index contributed by atoms with van der Waals surface area (Å²) in [5, 5.41) is 34.2. The van der Waals surface area contributed by atoms with E-state index in [-0.39, 0.29) is 22.3 Å². The van der Waals surface area contributed by atoms with Crippen molar-refractivity contribution in [2.24, 2.45) is 5.92 Å². The molecule has 2 aromatic rings. The van der Waals surface area contributed by atoms with Crippen LogP contribution in [0.15, 0.2) is 48.5 Å². The molecule has 36 heavy (non-hydrogen) atoms. The third-order valence-electron chi connectivity index (χ3n) is 5.16. The van der Waals surface area contributed by atoms with Gasteiger partial charge in [-0.05, 0) is 30.2 Å². The van der Waals surface area contributed by atoms with E-state index >= 15 is 0 Å². The molecule has 8 nitrogen and oxygen atoms in total. The van der Waals surface area contributed by atoms with E-state index in [0.717, 1.165) is 5.92 Å². The first kappa shape index (κ1) is 32.3. The first-order valence-electron chi connectivity index (χ1n) is 12.1. The van der Waals surface area contributed by atoms with Crippen LogP contribution in [0.25, 0.3) is 0 Å². The van der Waals surface area contributed by atoms with Crippen molar-refractivity contribution in [2.75, 3.05) is 0 Å². The molecule has 4 N–H and O–H groups in total. The van der Waals surface area contributed by atoms with Gasteiger partial charge in [-0.1, -0.05) is 96.4 Å². The fourth-order valence-corrected chi connectivity index (χ4v) is 3.22. The summed E-state index contributed by atoms with van der Waals surface area (Å²) in [6, 6.07) is 11.0. The Morgan fingerprint density at radius 3 is 1.08 bits per heavy atom. The Kier molecular flexibility index (Phi) is 16.7. The van der Waals surface area contributed by atoms with Gasteiger partial charge >= 0.3 is 23.9 Å². The van der Waals surface area contributed by atoms with Gasteiger partial charge in [0.25, 0.3) is 0 Å². The Morgan fingerprint density at radius 1 is 0.556 bits per heavy atom. The highest BCUT2D eigenvalue weighted by Gasteiger charge is 2.14. The number of unbranched alkanes of at least 4 members (excludes halogenated alkanes) is 6. The molecule has 0 fully saturated rings. The summed E-state index contributed by atoms with van der Waals surface area (Å²) in [4.78, 5) is 41.9. The van der Waals surface area contributed by atoms with Crippen LogP contribution >= 0.6 is 0 Å². The summed E-state index contributed by atoms with van der Waals surface area (Å²) in [6.45, 7) is 6.91. The molecule has 0 saturated heterocycles. The molecule has 0 aliphatic carbocycles. The Hall–Kier alpha value is -3.68. The number of rotatable bonds is 12. The number of carbonyl (C=O) groups is 4. The van der Waals surface area contributed by atoms with Crippen molar-refractivity contribution in [3.63, 3.8) is 0 Å². The molecule has 0 amide bonds. The molecule has 2 aromatic carbocycles. The highest BCUT2D eigenvalue weighted by atomic mass is 16.4. The van der Waals surface area contributed by atoms with Crippen LogP contribution in [0.3, 0.4) is 0 Å². The van der Waals surface area contributed by atoms with E-state index in [9.17, 15) is 19.2 Å². The average Bonchev–Trinajstić information content (AvgIpc) is 2.84. The van der Waals surface area contributed by atoms with Crippen LogP contribution in [-0.2, 0) is 0 Å². The first-order valence-corrected chi connectivity index (χ1v) is 12.1. The van der Waals surface area contributed by atoms with Crippen molar-refractivity contribution in [3.05, 3.63) is 70.8 Å². The lowest BCUT2D eigenvalue weighted by Gasteiger charge is -2.03. The van der Waals surface area contributed by atoms with Gasteiger partial charge in [-0.3, -0.25) is 0 Å². The molecule has 0 aromatic heterocycles. The molecule has 0 radical (unpaired) electrons. The Labute approximate surface area is 212 Å². The van der Waals surface area contributed by atoms with E-state index in [0.29, 0.717) is 0 Å². The first-order chi connectivity index (χ1) is 17.0. The van der Waals surface area contributed by atoms with E-state index in [1.807, 2.05) is 0 Å². The zero-order chi connectivity index (χ0) is 27.5. The second-order valence-electron chi connectivity index (χ2n) is 8.62. The van der Waals surface area contributed by atoms with Crippen molar-refractivity contribution < 1.29 is 39.6 Å². The minimum atomic E-state index is -1.23. The molecule has 0 unspecified atom stereocenters. The van der Waals surface area contributed by atoms with Crippen LogP contribution < -0.4 is 0 Å². The number of aromatic carboxylic acids is 4. The third kappa shape index (κ3) is 13.9. The maximum absolute atomic E-state index is 10.5. The van der Waals surface area contributed by atoms with Crippen LogP contribution in [0.4, 0.5) is 0 Å². The van der Waals surface area contributed by atoms with Gasteiger partial charge in [0.15, 0.2) is 0 Å². The number of carboxylic acids is 4. The van der Waals surface area contributed by atoms with Crippen LogP contribution in [0.1, 0.15) is 114 Å². The third-order valence-corrected chi connectivity index (χ3v) is 5.16. The zero-order valence-electron chi connectivity index (χ0n) is 21.3. The molecule has 8 heteroatoms. The summed E-state index contributed by atoms with van der Waals surface area (Å²) in [7, 11) is 0. The number of hydrogen-bond acceptors (Lipinski definition) is 4. The molecule has 0 atom stereocenters. The lowest BCUT2D eigenvalue weighted by atomic mass is 10.0. The molecule has 0 saturated carbocycles. The standard InChI is InChI=1S/C12H26.2C8H6O4/c1-4-5-6-7-8-9-10-11-12(2)3;2*9-7(10)5-3-1-2-4-6(5)8(11)12/h12H,4-11H2,1-3H3;2*1-4H,(H,9,10)(H,11,12). The highest BCUT2D eigenvalue weighted by Crippen LogP contribution is 2.12. The van der Waals surface area contributed by atoms with E-state index in [1.54, 1.807) is 0 Å². The Bertz CT molecular complexity index is 832. The van der Waals surface area contributed by atoms with Gasteiger partial charge in [0.1, 0.15) is 0 Å². The summed E-state index contributed by atoms with van der Waals surface area (Å²) in [5.74, 6) is -4.01. The van der Waals surface area contributed by atoms with Crippen LogP contribution in [0.2, 0.25) is 0 Å². The fraction of sp³-hybridized carbons (Fsp3) is 0.429. The predicted molar refractivity (Wildman–Crippen MR) is 138 cm³/mol. The molecule has 0 aliphatic rings. The molecule has 0 heterocycles. The van der Waals surface area contributed by atoms with Gasteiger partial charge in [0.05, 0.1) is 22.3 Å². The summed E-state index contributed by atoms with van der Waals surface area (Å²) >= 11 is 0. The number of benzene rings is 2. The highest BCUT2D eigenvalue weighted by molar-refractivity contribution is 6.02. The molecule has 2 rings (SSSR count). The second-order valence-corrected chi connectivity index (χ2v) is 8.62. The summed E-state index contributed by atoms with van der Waals surface area (Å²) in [6.07, 6.45) is 11.5. The van der Waals surface area contributed by atoms with Gasteiger partial charge in [-0.25, -0.2) is 19.2 Å². The van der Waals surface area contributed by atoms with Gasteiger partial charge in [-0.2, -0.15) is 0 Å². The van der Waals surface area contributed by atoms with Crippen LogP contribution in [0.5, 0.6) is 0 Å². The lowest BCUT2D eigenvalue weighted by molar-refractivity contribution is 0.0651. The van der Waals surface area contributed by atoms with E-state index in [2.05, 4.69) is 20.8 Å². The van der Waals surface area contributed by atoms with E-state index in [1.165, 1.54) is 99.9 Å². The Morgan fingerprint density at radius 2 is 0.833 bits per heavy atom. The van der Waals surface area contributed by atoms with Crippen molar-refractivity contribution in [2.45, 2.75) is 72.1 Å². The van der Waals surface area contributed by atoms with Gasteiger partial charge in [-0.15, -0.1) is 0 Å². The van der Waals surface area contributed by atoms with Gasteiger partial charge < -0.3 is 20.4 Å². The molecule has 0 spiro atoms. The predicted octanol–water partition coefficient (Wildman–Crippen LogP) is 6.95. The second kappa shape index (κ2) is 18.6. The maximum Gasteiger partial charge on any atom is 0.336 e. The average molecular weight is 503 g/mol. The molecule has 0 aliphatic heterocycles. The topological polar surface area (TPSA) is 149 Å².